The van der Waals surface area contributed by atoms with Crippen LogP contribution in [-0.2, 0) is 10.2 Å². The van der Waals surface area contributed by atoms with Crippen molar-refractivity contribution in [1.29, 1.82) is 0 Å². The van der Waals surface area contributed by atoms with Crippen LogP contribution in [0.3, 0.4) is 0 Å². The van der Waals surface area contributed by atoms with E-state index in [4.69, 9.17) is 22.1 Å². The first-order valence-electron chi connectivity index (χ1n) is 11.8. The van der Waals surface area contributed by atoms with Crippen molar-refractivity contribution in [3.8, 4) is 17.2 Å². The lowest BCUT2D eigenvalue weighted by Crippen LogP contribution is -2.25. The molecule has 0 saturated carbocycles. The molecule has 0 amide bonds. The predicted molar refractivity (Wildman–Crippen MR) is 155 cm³/mol. The van der Waals surface area contributed by atoms with Gasteiger partial charge in [-0.3, -0.25) is 19.4 Å². The Labute approximate surface area is 235 Å². The average Bonchev–Trinajstić information content (AvgIpc) is 2.97. The summed E-state index contributed by atoms with van der Waals surface area (Å²) in [7, 11) is 0. The number of carbonyl (C=O) groups is 2. The number of allylic oxidation sites excluding steroid dienone is 1. The number of benzene rings is 4. The van der Waals surface area contributed by atoms with Gasteiger partial charge in [0.15, 0.2) is 0 Å². The number of Topliss-reactive ketones (excluding diaryl/α,β-unsaturated/α-hetero) is 1. The second kappa shape index (κ2) is 14.8. The first-order chi connectivity index (χ1) is 19.6. The van der Waals surface area contributed by atoms with Gasteiger partial charge < -0.3 is 37.4 Å². The third-order valence-corrected chi connectivity index (χ3v) is 6.18. The molecule has 3 N–H and O–H groups in total. The summed E-state index contributed by atoms with van der Waals surface area (Å²) in [6.07, 6.45) is 2.98. The number of hydrogen-bond donors (Lipinski definition) is 3. The van der Waals surface area contributed by atoms with Crippen molar-refractivity contribution in [1.82, 2.24) is 0 Å². The SMILES string of the molecule is CC(c1ccc(O)cc1)(c1ccc(O)cc1)c1ccc(O)cc1.O=C1C=Cc2ccccc2C1=O.[N-]=[N+]=[N-].[N-]=[N+]=[N-]. The highest BCUT2D eigenvalue weighted by atomic mass is 16.3. The largest absolute Gasteiger partial charge is 0.508 e. The standard InChI is InChI=1S/C20H18O3.C10H6O2.2N3/c1-20(14-2-8-17(21)9-3-14,15-4-10-18(22)11-5-15)16-6-12-19(23)13-7-16;11-9-6-5-7-3-1-2-4-8(7)10(9)12;2*1-3-2/h2-13,21-23H,1H3;1-6H;;/q;;2*-1. The molecule has 0 atom stereocenters. The van der Waals surface area contributed by atoms with Crippen LogP contribution >= 0.6 is 0 Å². The molecule has 0 saturated heterocycles. The number of phenols is 3. The van der Waals surface area contributed by atoms with Crippen molar-refractivity contribution in [3.63, 3.8) is 0 Å². The number of ketones is 2. The van der Waals surface area contributed by atoms with Gasteiger partial charge in [0.1, 0.15) is 17.2 Å². The van der Waals surface area contributed by atoms with Gasteiger partial charge in [0, 0.05) is 11.0 Å². The molecule has 0 aromatic heterocycles. The normalized spacial score (nSPS) is 11.0. The Balaban J connectivity index is 0.000000272. The van der Waals surface area contributed by atoms with Crippen molar-refractivity contribution >= 4 is 17.6 Å². The third-order valence-electron chi connectivity index (χ3n) is 6.18. The van der Waals surface area contributed by atoms with Crippen molar-refractivity contribution in [2.24, 2.45) is 0 Å². The first-order valence-corrected chi connectivity index (χ1v) is 11.8. The van der Waals surface area contributed by atoms with Gasteiger partial charge in [-0.15, -0.1) is 0 Å². The maximum Gasteiger partial charge on any atom is 0.233 e. The molecule has 1 aliphatic rings. The van der Waals surface area contributed by atoms with Crippen molar-refractivity contribution in [3.05, 3.63) is 163 Å². The number of phenolic OH excluding ortho intramolecular Hbond substituents is 3. The summed E-state index contributed by atoms with van der Waals surface area (Å²) in [6, 6.07) is 28.3. The van der Waals surface area contributed by atoms with Gasteiger partial charge in [0.25, 0.3) is 0 Å². The molecule has 41 heavy (non-hydrogen) atoms. The fourth-order valence-electron chi connectivity index (χ4n) is 4.11. The molecule has 11 nitrogen and oxygen atoms in total. The van der Waals surface area contributed by atoms with Crippen LogP contribution in [0.15, 0.2) is 103 Å². The second-order valence-corrected chi connectivity index (χ2v) is 8.56. The van der Waals surface area contributed by atoms with E-state index in [2.05, 4.69) is 6.92 Å². The van der Waals surface area contributed by atoms with Gasteiger partial charge >= 0.3 is 0 Å². The van der Waals surface area contributed by atoms with Gasteiger partial charge in [-0.05, 0) is 71.7 Å². The first kappa shape index (κ1) is 31.2. The van der Waals surface area contributed by atoms with E-state index < -0.39 is 17.0 Å². The molecule has 0 unspecified atom stereocenters. The summed E-state index contributed by atoms with van der Waals surface area (Å²) in [5.74, 6) is -0.200. The van der Waals surface area contributed by atoms with Crippen LogP contribution in [0, 0.1) is 0 Å². The Hall–Kier alpha value is -6.02. The maximum atomic E-state index is 11.2. The number of nitrogens with zero attached hydrogens (tertiary/aromatic N) is 6. The molecule has 206 valence electrons. The Morgan fingerprint density at radius 2 is 0.902 bits per heavy atom. The van der Waals surface area contributed by atoms with Crippen molar-refractivity contribution < 1.29 is 24.9 Å². The van der Waals surface area contributed by atoms with E-state index in [0.29, 0.717) is 5.56 Å². The molecule has 0 radical (unpaired) electrons. The van der Waals surface area contributed by atoms with E-state index in [0.717, 1.165) is 22.3 Å². The van der Waals surface area contributed by atoms with Crippen LogP contribution in [0.1, 0.15) is 39.5 Å². The third kappa shape index (κ3) is 7.98. The smallest absolute Gasteiger partial charge is 0.233 e. The molecule has 11 heteroatoms. The van der Waals surface area contributed by atoms with Crippen LogP contribution in [-0.4, -0.2) is 26.9 Å². The number of hydrogen-bond acceptors (Lipinski definition) is 5. The Morgan fingerprint density at radius 1 is 0.561 bits per heavy atom. The van der Waals surface area contributed by atoms with Crippen molar-refractivity contribution in [2.75, 3.05) is 0 Å². The van der Waals surface area contributed by atoms with Crippen molar-refractivity contribution in [2.45, 2.75) is 12.3 Å². The van der Waals surface area contributed by atoms with E-state index in [1.807, 2.05) is 48.5 Å². The molecule has 1 aliphatic carbocycles. The summed E-state index contributed by atoms with van der Waals surface area (Å²) in [5, 5.41) is 28.7. The lowest BCUT2D eigenvalue weighted by Gasteiger charge is -2.32. The predicted octanol–water partition coefficient (Wildman–Crippen LogP) is 7.36. The molecule has 4 aromatic carbocycles. The number of fused-ring (bicyclic) bond motifs is 1. The second-order valence-electron chi connectivity index (χ2n) is 8.56. The fourth-order valence-corrected chi connectivity index (χ4v) is 4.11. The highest BCUT2D eigenvalue weighted by Crippen LogP contribution is 2.40. The van der Waals surface area contributed by atoms with Crippen LogP contribution in [0.4, 0.5) is 0 Å². The van der Waals surface area contributed by atoms with E-state index in [1.54, 1.807) is 54.6 Å². The molecule has 5 rings (SSSR count). The zero-order chi connectivity index (χ0) is 30.4. The minimum absolute atomic E-state index is 0.215. The van der Waals surface area contributed by atoms with Gasteiger partial charge in [0.2, 0.25) is 11.6 Å². The molecule has 4 aromatic rings. The molecular formula is C30H24N6O5-2. The number of carbonyl (C=O) groups excluding carboxylic acids is 2. The zero-order valence-electron chi connectivity index (χ0n) is 21.7. The number of aromatic hydroxyl groups is 3. The van der Waals surface area contributed by atoms with Crippen LogP contribution in [0.5, 0.6) is 17.2 Å². The Kier molecular flexibility index (Phi) is 11.3. The highest BCUT2D eigenvalue weighted by molar-refractivity contribution is 6.49. The fraction of sp³-hybridized carbons (Fsp3) is 0.0667. The Bertz CT molecular complexity index is 1460. The molecule has 0 fully saturated rings. The topological polar surface area (TPSA) is 212 Å². The summed E-state index contributed by atoms with van der Waals surface area (Å²) < 4.78 is 0. The van der Waals surface area contributed by atoms with Gasteiger partial charge in [-0.1, -0.05) is 66.7 Å². The molecule has 0 spiro atoms. The lowest BCUT2D eigenvalue weighted by molar-refractivity contribution is -0.110. The molecule has 0 aliphatic heterocycles. The lowest BCUT2D eigenvalue weighted by atomic mass is 9.71. The van der Waals surface area contributed by atoms with Gasteiger partial charge in [-0.25, -0.2) is 0 Å². The molecular weight excluding hydrogens is 524 g/mol. The summed E-state index contributed by atoms with van der Waals surface area (Å²) in [4.78, 5) is 25.1. The highest BCUT2D eigenvalue weighted by Gasteiger charge is 2.31. The van der Waals surface area contributed by atoms with E-state index in [-0.39, 0.29) is 17.2 Å². The summed E-state index contributed by atoms with van der Waals surface area (Å²) in [5.41, 5.74) is 30.9. The van der Waals surface area contributed by atoms with Crippen LogP contribution in [0.2, 0.25) is 0 Å². The summed E-state index contributed by atoms with van der Waals surface area (Å²) in [6.45, 7) is 2.08. The van der Waals surface area contributed by atoms with E-state index >= 15 is 0 Å². The Morgan fingerprint density at radius 3 is 1.27 bits per heavy atom. The minimum Gasteiger partial charge on any atom is -0.508 e. The van der Waals surface area contributed by atoms with E-state index in [9.17, 15) is 24.9 Å². The van der Waals surface area contributed by atoms with Gasteiger partial charge in [-0.2, -0.15) is 0 Å². The van der Waals surface area contributed by atoms with Gasteiger partial charge in [0.05, 0.1) is 0 Å². The van der Waals surface area contributed by atoms with Crippen LogP contribution < -0.4 is 0 Å². The summed E-state index contributed by atoms with van der Waals surface area (Å²) >= 11 is 0. The molecule has 0 bridgehead atoms. The quantitative estimate of drug-likeness (QED) is 0.0784. The monoisotopic (exact) mass is 548 g/mol. The average molecular weight is 549 g/mol. The number of rotatable bonds is 3. The zero-order valence-corrected chi connectivity index (χ0v) is 21.7. The maximum absolute atomic E-state index is 11.2. The van der Waals surface area contributed by atoms with Crippen LogP contribution in [0.25, 0.3) is 38.0 Å². The van der Waals surface area contributed by atoms with E-state index in [1.165, 1.54) is 15.9 Å². The molecule has 0 heterocycles. The minimum atomic E-state index is -0.477.